The summed E-state index contributed by atoms with van der Waals surface area (Å²) in [4.78, 5) is 13.3. The monoisotopic (exact) mass is 642 g/mol. The van der Waals surface area contributed by atoms with Crippen molar-refractivity contribution in [3.8, 4) is 11.8 Å². The summed E-state index contributed by atoms with van der Waals surface area (Å²) in [6.07, 6.45) is -1.26. The van der Waals surface area contributed by atoms with Crippen LogP contribution in [-0.4, -0.2) is 82.7 Å². The molecule has 0 spiro atoms. The molecule has 0 amide bonds. The number of carboxylic acids is 1. The maximum Gasteiger partial charge on any atom is 0.132 e. The standard InChI is InChI=1S/C28H27F2NO2.C7H17NO5/c1-2-3-4-5-18-31(25-16-17-27(30)26(19-25)28(32)33)20-23-10-8-21(9-11-23)6-7-22-12-14-24(29)15-13-22;1-8-2-4(10)6(12)7(13)5(11)3-9/h8-17,19H,2-5,18,20H2,1H3,(H,32,33);4-13H,2-3H2,1H3/t;4-,5+,6+,7+/m.0/s1. The van der Waals surface area contributed by atoms with E-state index >= 15 is 0 Å². The molecule has 3 aromatic rings. The van der Waals surface area contributed by atoms with E-state index in [-0.39, 0.29) is 12.4 Å². The molecule has 3 aromatic carbocycles. The van der Waals surface area contributed by atoms with Crippen molar-refractivity contribution >= 4 is 11.7 Å². The highest BCUT2D eigenvalue weighted by molar-refractivity contribution is 5.87. The zero-order chi connectivity index (χ0) is 34.1. The molecule has 0 heterocycles. The van der Waals surface area contributed by atoms with Gasteiger partial charge in [-0.2, -0.15) is 0 Å². The smallest absolute Gasteiger partial charge is 0.132 e. The lowest BCUT2D eigenvalue weighted by Gasteiger charge is -2.26. The van der Waals surface area contributed by atoms with Crippen LogP contribution in [0.3, 0.4) is 0 Å². The molecular formula is C35H44F2N2O7. The van der Waals surface area contributed by atoms with E-state index in [0.717, 1.165) is 48.9 Å². The van der Waals surface area contributed by atoms with Crippen LogP contribution in [0.1, 0.15) is 59.7 Å². The number of likely N-dealkylation sites (N-methyl/N-ethyl adjacent to an activating group) is 1. The lowest BCUT2D eigenvalue weighted by molar-refractivity contribution is -0.635. The summed E-state index contributed by atoms with van der Waals surface area (Å²) in [5.74, 6) is 3.46. The van der Waals surface area contributed by atoms with Crippen LogP contribution < -0.4 is 15.3 Å². The Labute approximate surface area is 268 Å². The molecule has 0 aliphatic carbocycles. The van der Waals surface area contributed by atoms with E-state index in [4.69, 9.17) is 15.3 Å². The summed E-state index contributed by atoms with van der Waals surface area (Å²) in [7, 11) is 1.70. The fraction of sp³-hybridized carbons (Fsp3) is 0.400. The first-order chi connectivity index (χ1) is 22.0. The summed E-state index contributed by atoms with van der Waals surface area (Å²) in [6, 6.07) is 17.9. The second-order valence-corrected chi connectivity index (χ2v) is 10.8. The quantitative estimate of drug-likeness (QED) is 0.106. The van der Waals surface area contributed by atoms with E-state index in [1.54, 1.807) is 30.6 Å². The number of carbonyl (C=O) groups is 1. The number of hydrogen-bond acceptors (Lipinski definition) is 8. The number of benzene rings is 3. The van der Waals surface area contributed by atoms with Crippen LogP contribution in [-0.2, 0) is 6.54 Å². The molecule has 9 nitrogen and oxygen atoms in total. The van der Waals surface area contributed by atoms with E-state index in [1.165, 1.54) is 24.3 Å². The first kappa shape index (κ1) is 38.3. The van der Waals surface area contributed by atoms with Gasteiger partial charge in [-0.1, -0.05) is 50.2 Å². The van der Waals surface area contributed by atoms with Crippen LogP contribution in [0.5, 0.6) is 0 Å². The topological polar surface area (TPSA) is 161 Å². The van der Waals surface area contributed by atoms with E-state index < -0.39 is 48.4 Å². The summed E-state index contributed by atoms with van der Waals surface area (Å²) >= 11 is 0. The van der Waals surface area contributed by atoms with Gasteiger partial charge >= 0.3 is 0 Å². The Bertz CT molecular complexity index is 1390. The number of aliphatic hydroxyl groups excluding tert-OH is 5. The number of nitrogens with zero attached hydrogens (tertiary/aromatic N) is 1. The average molecular weight is 643 g/mol. The third kappa shape index (κ3) is 12.8. The van der Waals surface area contributed by atoms with Crippen molar-refractivity contribution in [3.05, 3.63) is 101 Å². The normalized spacial score (nSPS) is 13.3. The number of hydrogen-bond donors (Lipinski definition) is 6. The van der Waals surface area contributed by atoms with Gasteiger partial charge in [0.2, 0.25) is 0 Å². The van der Waals surface area contributed by atoms with Crippen LogP contribution in [0.25, 0.3) is 0 Å². The number of anilines is 1. The second-order valence-electron chi connectivity index (χ2n) is 10.8. The second kappa shape index (κ2) is 20.3. The largest absolute Gasteiger partial charge is 0.545 e. The van der Waals surface area contributed by atoms with Gasteiger partial charge in [0.15, 0.2) is 0 Å². The Kier molecular flexibility index (Phi) is 16.9. The molecule has 0 aromatic heterocycles. The third-order valence-corrected chi connectivity index (χ3v) is 7.14. The Hall–Kier alpha value is -3.89. The van der Waals surface area contributed by atoms with Gasteiger partial charge in [0.1, 0.15) is 42.6 Å². The van der Waals surface area contributed by atoms with Crippen molar-refractivity contribution in [3.63, 3.8) is 0 Å². The minimum Gasteiger partial charge on any atom is -0.545 e. The van der Waals surface area contributed by atoms with E-state index in [2.05, 4.69) is 23.7 Å². The molecule has 0 aliphatic rings. The van der Waals surface area contributed by atoms with E-state index in [9.17, 15) is 28.9 Å². The van der Waals surface area contributed by atoms with Gasteiger partial charge in [-0.05, 0) is 66.6 Å². The van der Waals surface area contributed by atoms with Crippen molar-refractivity contribution in [1.82, 2.24) is 0 Å². The maximum atomic E-state index is 13.9. The molecule has 0 aliphatic heterocycles. The Morgan fingerprint density at radius 2 is 1.46 bits per heavy atom. The first-order valence-corrected chi connectivity index (χ1v) is 15.2. The van der Waals surface area contributed by atoms with Crippen LogP contribution in [0, 0.1) is 23.5 Å². The van der Waals surface area contributed by atoms with E-state index in [1.807, 2.05) is 24.3 Å². The number of carbonyl (C=O) groups excluding carboxylic acids is 1. The Balaban J connectivity index is 0.000000479. The highest BCUT2D eigenvalue weighted by Gasteiger charge is 2.30. The van der Waals surface area contributed by atoms with Crippen LogP contribution in [0.15, 0.2) is 66.7 Å². The minimum absolute atomic E-state index is 0.219. The molecule has 0 radical (unpaired) electrons. The molecule has 250 valence electrons. The highest BCUT2D eigenvalue weighted by atomic mass is 19.1. The van der Waals surface area contributed by atoms with Gasteiger partial charge in [-0.25, -0.2) is 8.78 Å². The van der Waals surface area contributed by atoms with Crippen molar-refractivity contribution < 1.29 is 49.5 Å². The summed E-state index contributed by atoms with van der Waals surface area (Å²) < 4.78 is 26.9. The summed E-state index contributed by atoms with van der Waals surface area (Å²) in [5.41, 5.74) is 2.80. The van der Waals surface area contributed by atoms with Gasteiger partial charge in [-0.3, -0.25) is 0 Å². The van der Waals surface area contributed by atoms with Gasteiger partial charge in [-0.15, -0.1) is 0 Å². The average Bonchev–Trinajstić information content (AvgIpc) is 3.06. The van der Waals surface area contributed by atoms with Crippen LogP contribution in [0.4, 0.5) is 14.5 Å². The van der Waals surface area contributed by atoms with Crippen molar-refractivity contribution in [2.45, 2.75) is 63.6 Å². The third-order valence-electron chi connectivity index (χ3n) is 7.14. The number of unbranched alkanes of at least 4 members (excludes halogenated alkanes) is 3. The Morgan fingerprint density at radius 3 is 2.00 bits per heavy atom. The zero-order valence-electron chi connectivity index (χ0n) is 26.2. The number of rotatable bonds is 15. The molecule has 0 saturated carbocycles. The number of carboxylic acid groups (broad SMARTS) is 1. The summed E-state index contributed by atoms with van der Waals surface area (Å²) in [5, 5.41) is 57.9. The SMILES string of the molecule is CCCCCCN(Cc1ccc(C#Cc2ccc(F)cc2)cc1)c1ccc(F)c(C(=O)[O-])c1.C[NH2+]C[C@H](O)[C@@H](O)[C@H](O)[C@H](O)CO. The predicted molar refractivity (Wildman–Crippen MR) is 169 cm³/mol. The lowest BCUT2D eigenvalue weighted by atomic mass is 10.0. The molecule has 0 saturated heterocycles. The highest BCUT2D eigenvalue weighted by Crippen LogP contribution is 2.22. The van der Waals surface area contributed by atoms with Gasteiger partial charge < -0.3 is 45.7 Å². The molecule has 0 unspecified atom stereocenters. The first-order valence-electron chi connectivity index (χ1n) is 15.2. The molecule has 7 N–H and O–H groups in total. The minimum atomic E-state index is -1.53. The fourth-order valence-electron chi connectivity index (χ4n) is 4.43. The van der Waals surface area contributed by atoms with Gasteiger partial charge in [0.25, 0.3) is 0 Å². The Morgan fingerprint density at radius 1 is 0.870 bits per heavy atom. The predicted octanol–water partition coefficient (Wildman–Crippen LogP) is 0.930. The van der Waals surface area contributed by atoms with Crippen LogP contribution in [0.2, 0.25) is 0 Å². The van der Waals surface area contributed by atoms with Gasteiger partial charge in [0, 0.05) is 35.5 Å². The number of halogens is 2. The molecular weight excluding hydrogens is 598 g/mol. The number of aliphatic hydroxyl groups is 5. The number of nitrogens with two attached hydrogens (primary N) is 1. The zero-order valence-corrected chi connectivity index (χ0v) is 26.2. The van der Waals surface area contributed by atoms with Gasteiger partial charge in [0.05, 0.1) is 19.6 Å². The molecule has 46 heavy (non-hydrogen) atoms. The molecule has 3 rings (SSSR count). The maximum absolute atomic E-state index is 13.9. The van der Waals surface area contributed by atoms with Crippen molar-refractivity contribution in [2.24, 2.45) is 0 Å². The number of aromatic carboxylic acids is 1. The number of quaternary nitrogens is 1. The van der Waals surface area contributed by atoms with Crippen molar-refractivity contribution in [2.75, 3.05) is 31.6 Å². The molecule has 0 bridgehead atoms. The molecule has 0 fully saturated rings. The molecule has 4 atom stereocenters. The fourth-order valence-corrected chi connectivity index (χ4v) is 4.43. The lowest BCUT2D eigenvalue weighted by Crippen LogP contribution is -2.83. The summed E-state index contributed by atoms with van der Waals surface area (Å²) in [6.45, 7) is 2.99. The van der Waals surface area contributed by atoms with Crippen LogP contribution >= 0.6 is 0 Å². The molecule has 11 heteroatoms. The van der Waals surface area contributed by atoms with E-state index in [0.29, 0.717) is 12.2 Å². The van der Waals surface area contributed by atoms with Crippen molar-refractivity contribution in [1.29, 1.82) is 0 Å².